The normalized spacial score (nSPS) is 21.9. The molecule has 266 valence electrons. The average Bonchev–Trinajstić information content (AvgIpc) is 3.56. The molecule has 0 radical (unpaired) electrons. The highest BCUT2D eigenvalue weighted by Gasteiger charge is 2.56. The Morgan fingerprint density at radius 1 is 0.981 bits per heavy atom. The van der Waals surface area contributed by atoms with Crippen LogP contribution in [0.25, 0.3) is 6.08 Å². The number of allylic oxidation sites excluding steroid dienone is 5. The smallest absolute Gasteiger partial charge is 0.239 e. The van der Waals surface area contributed by atoms with Crippen LogP contribution in [0, 0.1) is 26.0 Å². The van der Waals surface area contributed by atoms with E-state index in [0.717, 1.165) is 30.5 Å². The summed E-state index contributed by atoms with van der Waals surface area (Å²) in [5.74, 6) is 0.473. The molecule has 3 aliphatic carbocycles. The van der Waals surface area contributed by atoms with E-state index < -0.39 is 0 Å². The summed E-state index contributed by atoms with van der Waals surface area (Å²) < 4.78 is 1.54. The third-order valence-electron chi connectivity index (χ3n) is 13.0. The van der Waals surface area contributed by atoms with Crippen molar-refractivity contribution in [2.24, 2.45) is 0 Å². The fraction of sp³-hybridized carbons (Fsp3) is 0.347. The monoisotopic (exact) mass is 710 g/mol. The predicted molar refractivity (Wildman–Crippen MR) is 230 cm³/mol. The maximum Gasteiger partial charge on any atom is 0.239 e. The number of fused-ring (bicyclic) bond motifs is 7. The van der Waals surface area contributed by atoms with E-state index in [4.69, 9.17) is 0 Å². The van der Waals surface area contributed by atoms with Crippen molar-refractivity contribution < 1.29 is 0 Å². The quantitative estimate of drug-likeness (QED) is 0.145. The van der Waals surface area contributed by atoms with Crippen molar-refractivity contribution in [1.29, 1.82) is 0 Å². The molecule has 0 saturated heterocycles. The van der Waals surface area contributed by atoms with Crippen LogP contribution in [0.2, 0.25) is 5.82 Å². The van der Waals surface area contributed by atoms with E-state index >= 15 is 0 Å². The summed E-state index contributed by atoms with van der Waals surface area (Å²) in [5, 5.41) is 0. The van der Waals surface area contributed by atoms with Gasteiger partial charge < -0.3 is 9.80 Å². The molecule has 0 amide bonds. The van der Waals surface area contributed by atoms with Gasteiger partial charge >= 0.3 is 0 Å². The Kier molecular flexibility index (Phi) is 7.96. The number of nitrogens with zero attached hydrogens (tertiary/aromatic N) is 2. The summed E-state index contributed by atoms with van der Waals surface area (Å²) in [5.41, 5.74) is 17.7. The summed E-state index contributed by atoms with van der Waals surface area (Å²) in [6.45, 7) is 25.3. The second-order valence-corrected chi connectivity index (χ2v) is 18.6. The lowest BCUT2D eigenvalue weighted by molar-refractivity contribution is 0.339. The lowest BCUT2D eigenvalue weighted by Gasteiger charge is -2.53. The van der Waals surface area contributed by atoms with Gasteiger partial charge in [-0.15, -0.1) is 13.2 Å². The first-order valence-corrected chi connectivity index (χ1v) is 20.5. The Morgan fingerprint density at radius 2 is 1.77 bits per heavy atom. The van der Waals surface area contributed by atoms with Crippen LogP contribution in [0.3, 0.4) is 0 Å². The van der Waals surface area contributed by atoms with E-state index in [1.165, 1.54) is 73.7 Å². The van der Waals surface area contributed by atoms with Crippen LogP contribution in [0.1, 0.15) is 104 Å². The third-order valence-corrected chi connectivity index (χ3v) is 14.6. The lowest BCUT2D eigenvalue weighted by Crippen LogP contribution is -2.63. The molecule has 4 aromatic rings. The van der Waals surface area contributed by atoms with Crippen LogP contribution in [0.5, 0.6) is 0 Å². The van der Waals surface area contributed by atoms with Gasteiger partial charge in [0.25, 0.3) is 0 Å². The number of anilines is 4. The van der Waals surface area contributed by atoms with Crippen LogP contribution in [-0.4, -0.2) is 12.8 Å². The van der Waals surface area contributed by atoms with Gasteiger partial charge in [-0.25, -0.2) is 0 Å². The number of benzene rings is 2. The highest BCUT2D eigenvalue weighted by Crippen LogP contribution is 2.59. The molecular formula is C49H51BN2S. The first-order valence-electron chi connectivity index (χ1n) is 19.7. The molecule has 0 fully saturated rings. The first kappa shape index (κ1) is 34.3. The SMILES string of the molecule is C=CCC(C=C)c1ccc(N2C3=CC(C)=CC4C3B(c3cc(C)ccc3N4c3c#cc(C)cc3)c3sc4c(c32)C(C)(C)CCC4(C)C)c2c1CCC=C2. The minimum Gasteiger partial charge on any atom is -0.328 e. The van der Waals surface area contributed by atoms with E-state index in [9.17, 15) is 0 Å². The molecule has 2 nitrogen and oxygen atoms in total. The Labute approximate surface area is 322 Å². The zero-order chi connectivity index (χ0) is 37.0. The van der Waals surface area contributed by atoms with E-state index in [-0.39, 0.29) is 35.3 Å². The van der Waals surface area contributed by atoms with Gasteiger partial charge in [0.2, 0.25) is 6.71 Å². The van der Waals surface area contributed by atoms with Gasteiger partial charge in [-0.05, 0) is 128 Å². The maximum atomic E-state index is 4.27. The second-order valence-electron chi connectivity index (χ2n) is 17.6. The molecule has 3 heterocycles. The van der Waals surface area contributed by atoms with Crippen LogP contribution in [0.15, 0.2) is 97.3 Å². The van der Waals surface area contributed by atoms with Crippen molar-refractivity contribution in [2.45, 2.75) is 109 Å². The van der Waals surface area contributed by atoms with Crippen LogP contribution in [0.4, 0.5) is 22.7 Å². The molecular weight excluding hydrogens is 659 g/mol. The van der Waals surface area contributed by atoms with E-state index in [0.29, 0.717) is 0 Å². The number of hydrogen-bond donors (Lipinski definition) is 0. The van der Waals surface area contributed by atoms with Gasteiger partial charge in [0, 0.05) is 38.3 Å². The molecule has 9 rings (SSSR count). The average molecular weight is 711 g/mol. The Morgan fingerprint density at radius 3 is 2.53 bits per heavy atom. The predicted octanol–water partition coefficient (Wildman–Crippen LogP) is 11.6. The molecule has 0 saturated carbocycles. The fourth-order valence-corrected chi connectivity index (χ4v) is 12.1. The topological polar surface area (TPSA) is 6.48 Å². The summed E-state index contributed by atoms with van der Waals surface area (Å²) in [7, 11) is 0. The Balaban J connectivity index is 1.38. The Bertz CT molecular complexity index is 2280. The lowest BCUT2D eigenvalue weighted by atomic mass is 9.30. The van der Waals surface area contributed by atoms with Crippen molar-refractivity contribution in [2.75, 3.05) is 9.80 Å². The van der Waals surface area contributed by atoms with Crippen molar-refractivity contribution >= 4 is 57.1 Å². The molecule has 3 unspecified atom stereocenters. The molecule has 4 heteroatoms. The Hall–Kier alpha value is -4.46. The maximum absolute atomic E-state index is 4.27. The van der Waals surface area contributed by atoms with Crippen molar-refractivity contribution in [3.05, 3.63) is 148 Å². The minimum atomic E-state index is 0.0517. The van der Waals surface area contributed by atoms with Crippen molar-refractivity contribution in [1.82, 2.24) is 0 Å². The van der Waals surface area contributed by atoms with E-state index in [1.807, 2.05) is 6.08 Å². The molecule has 53 heavy (non-hydrogen) atoms. The van der Waals surface area contributed by atoms with Crippen LogP contribution < -0.4 is 20.0 Å². The van der Waals surface area contributed by atoms with Gasteiger partial charge in [-0.3, -0.25) is 0 Å². The molecule has 3 atom stereocenters. The van der Waals surface area contributed by atoms with Crippen LogP contribution in [-0.2, 0) is 17.3 Å². The number of thiophene rings is 1. The van der Waals surface area contributed by atoms with Crippen LogP contribution >= 0.6 is 11.3 Å². The van der Waals surface area contributed by atoms with Crippen molar-refractivity contribution in [3.8, 4) is 0 Å². The number of hydrogen-bond acceptors (Lipinski definition) is 3. The summed E-state index contributed by atoms with van der Waals surface area (Å²) in [6, 6.07) is 23.6. The summed E-state index contributed by atoms with van der Waals surface area (Å²) >= 11 is 2.13. The van der Waals surface area contributed by atoms with Gasteiger partial charge in [0.1, 0.15) is 0 Å². The molecule has 1 aromatic heterocycles. The highest BCUT2D eigenvalue weighted by atomic mass is 32.1. The van der Waals surface area contributed by atoms with Gasteiger partial charge in [0.15, 0.2) is 0 Å². The fourth-order valence-electron chi connectivity index (χ4n) is 10.3. The second kappa shape index (κ2) is 12.3. The van der Waals surface area contributed by atoms with Gasteiger partial charge in [-0.2, -0.15) is 11.3 Å². The third kappa shape index (κ3) is 5.14. The first-order chi connectivity index (χ1) is 25.4. The summed E-state index contributed by atoms with van der Waals surface area (Å²) in [6.07, 6.45) is 19.4. The van der Waals surface area contributed by atoms with Gasteiger partial charge in [0.05, 0.1) is 23.1 Å². The molecule has 0 bridgehead atoms. The molecule has 2 aliphatic heterocycles. The standard InChI is InChI=1S/C49H51BN2S/c1-10-14-33(11-2)35-22-24-39(37-16-13-12-15-36(35)37)52-42-29-32(5)28-41-44(42)50(47-45(52)43-46(53-47)49(8,9)26-25-48(43,6)7)38-27-31(4)19-23-40(38)51(41)34-20-17-30(3)18-21-34/h10-11,13,16-17,19-20,22-24,27-29,33,41,44H,1-2,12,14-15,25-26H2,3-9H3. The molecule has 3 aromatic carbocycles. The van der Waals surface area contributed by atoms with E-state index in [1.54, 1.807) is 10.4 Å². The van der Waals surface area contributed by atoms with E-state index in [2.05, 4.69) is 168 Å². The number of aryl methyl sites for hydroxylation is 2. The molecule has 0 spiro atoms. The molecule has 0 N–H and O–H groups in total. The zero-order valence-corrected chi connectivity index (χ0v) is 33.4. The summed E-state index contributed by atoms with van der Waals surface area (Å²) in [4.78, 5) is 6.94. The number of rotatable bonds is 6. The van der Waals surface area contributed by atoms with Gasteiger partial charge in [-0.1, -0.05) is 93.5 Å². The van der Waals surface area contributed by atoms with Crippen molar-refractivity contribution in [3.63, 3.8) is 0 Å². The highest BCUT2D eigenvalue weighted by molar-refractivity contribution is 7.27. The minimum absolute atomic E-state index is 0.0517. The molecule has 5 aliphatic rings. The largest absolute Gasteiger partial charge is 0.328 e. The zero-order valence-electron chi connectivity index (χ0n) is 32.6.